The summed E-state index contributed by atoms with van der Waals surface area (Å²) in [6.45, 7) is 6.22. The Bertz CT molecular complexity index is 2670. The number of fused-ring (bicyclic) bond motifs is 2. The predicted molar refractivity (Wildman–Crippen MR) is 231 cm³/mol. The number of rotatable bonds is 12. The zero-order chi connectivity index (χ0) is 43.7. The summed E-state index contributed by atoms with van der Waals surface area (Å²) >= 11 is 12.2. The van der Waals surface area contributed by atoms with Gasteiger partial charge in [0.05, 0.1) is 15.7 Å². The molecule has 3 atom stereocenters. The molecule has 2 aliphatic rings. The monoisotopic (exact) mass is 875 g/mol. The quantitative estimate of drug-likeness (QED) is 0.123. The van der Waals surface area contributed by atoms with Crippen LogP contribution in [0.5, 0.6) is 28.7 Å². The number of carboxylic acid groups (broad SMARTS) is 1. The highest BCUT2D eigenvalue weighted by atomic mass is 35.5. The molecule has 0 radical (unpaired) electrons. The molecule has 2 N–H and O–H groups in total. The molecule has 15 heteroatoms. The maximum absolute atomic E-state index is 14.3. The first-order valence-electron chi connectivity index (χ1n) is 20.0. The lowest BCUT2D eigenvalue weighted by Crippen LogP contribution is -2.56. The van der Waals surface area contributed by atoms with Crippen LogP contribution in [-0.2, 0) is 42.6 Å². The van der Waals surface area contributed by atoms with Gasteiger partial charge in [-0.25, -0.2) is 4.79 Å². The van der Waals surface area contributed by atoms with Gasteiger partial charge in [0.1, 0.15) is 48.2 Å². The number of halogens is 2. The van der Waals surface area contributed by atoms with Crippen LogP contribution in [0.3, 0.4) is 0 Å². The molecule has 4 heterocycles. The molecule has 0 aliphatic carbocycles. The number of nitrogens with one attached hydrogen (secondary N) is 1. The Kier molecular flexibility index (Phi) is 12.1. The zero-order valence-electron chi connectivity index (χ0n) is 34.4. The minimum absolute atomic E-state index is 0.00125. The molecule has 2 aliphatic heterocycles. The summed E-state index contributed by atoms with van der Waals surface area (Å²) in [7, 11) is 1.67. The third-order valence-corrected chi connectivity index (χ3v) is 11.8. The van der Waals surface area contributed by atoms with Gasteiger partial charge in [0, 0.05) is 43.9 Å². The van der Waals surface area contributed by atoms with Gasteiger partial charge in [0.25, 0.3) is 5.91 Å². The van der Waals surface area contributed by atoms with Crippen molar-refractivity contribution in [1.29, 1.82) is 0 Å². The fraction of sp³-hybridized carbons (Fsp3) is 0.255. The van der Waals surface area contributed by atoms with E-state index in [2.05, 4.69) is 15.4 Å². The molecule has 6 aromatic rings. The van der Waals surface area contributed by atoms with E-state index >= 15 is 0 Å². The van der Waals surface area contributed by atoms with Crippen LogP contribution in [0, 0.1) is 20.8 Å². The van der Waals surface area contributed by atoms with Gasteiger partial charge in [0.2, 0.25) is 5.91 Å². The zero-order valence-corrected chi connectivity index (χ0v) is 35.9. The van der Waals surface area contributed by atoms with E-state index in [-0.39, 0.29) is 26.0 Å². The molecule has 8 rings (SSSR count). The molecular weight excluding hydrogens is 833 g/mol. The Morgan fingerprint density at radius 1 is 0.887 bits per heavy atom. The molecule has 2 aromatic heterocycles. The summed E-state index contributed by atoms with van der Waals surface area (Å²) < 4.78 is 26.2. The smallest absolute Gasteiger partial charge is 0.326 e. The number of carbonyl (C=O) groups excluding carboxylic acids is 2. The van der Waals surface area contributed by atoms with E-state index in [0.29, 0.717) is 62.4 Å². The van der Waals surface area contributed by atoms with Crippen LogP contribution in [0.2, 0.25) is 10.0 Å². The lowest BCUT2D eigenvalue weighted by atomic mass is 9.91. The van der Waals surface area contributed by atoms with Crippen molar-refractivity contribution in [3.05, 3.63) is 158 Å². The summed E-state index contributed by atoms with van der Waals surface area (Å²) in [5.41, 5.74) is 6.69. The number of ether oxygens (including phenoxy) is 4. The van der Waals surface area contributed by atoms with Crippen molar-refractivity contribution in [2.24, 2.45) is 7.05 Å². The minimum atomic E-state index is -1.28. The molecule has 13 nitrogen and oxygen atoms in total. The molecule has 62 heavy (non-hydrogen) atoms. The number of carboxylic acids is 1. The lowest BCUT2D eigenvalue weighted by molar-refractivity contribution is -0.142. The molecule has 2 amide bonds. The van der Waals surface area contributed by atoms with Gasteiger partial charge in [0.15, 0.2) is 17.6 Å². The van der Waals surface area contributed by atoms with Gasteiger partial charge in [-0.1, -0.05) is 53.5 Å². The first-order chi connectivity index (χ1) is 29.8. The third kappa shape index (κ3) is 9.19. The highest BCUT2D eigenvalue weighted by Gasteiger charge is 2.39. The van der Waals surface area contributed by atoms with Crippen molar-refractivity contribution >= 4 is 41.0 Å². The second-order valence-corrected chi connectivity index (χ2v) is 16.2. The van der Waals surface area contributed by atoms with Crippen LogP contribution in [-0.4, -0.2) is 61.2 Å². The molecule has 0 fully saturated rings. The van der Waals surface area contributed by atoms with Crippen molar-refractivity contribution in [1.82, 2.24) is 25.0 Å². The van der Waals surface area contributed by atoms with Gasteiger partial charge < -0.3 is 34.3 Å². The van der Waals surface area contributed by atoms with Gasteiger partial charge >= 0.3 is 5.97 Å². The SMILES string of the molecule is Cc1cc(C(=O)N2Cc3cc4c(cc3C[C@H]2C(=O)N[C@@H](Cc2ccc(Oc3ccnc(C)c3C)cc2)C(=O)O)OC[C@H](c2ccc(OCc3ccc(Cl)c(Cl)c3)cc2)O4)n(C)n1. The molecule has 0 unspecified atom stereocenters. The summed E-state index contributed by atoms with van der Waals surface area (Å²) in [6, 6.07) is 24.8. The molecule has 318 valence electrons. The van der Waals surface area contributed by atoms with E-state index in [4.69, 9.17) is 42.1 Å². The van der Waals surface area contributed by atoms with E-state index in [1.54, 1.807) is 68.7 Å². The Morgan fingerprint density at radius 2 is 1.61 bits per heavy atom. The lowest BCUT2D eigenvalue weighted by Gasteiger charge is -2.37. The van der Waals surface area contributed by atoms with Crippen LogP contribution in [0.25, 0.3) is 0 Å². The van der Waals surface area contributed by atoms with Gasteiger partial charge in [-0.2, -0.15) is 5.10 Å². The molecular formula is C47H43Cl2N5O8. The van der Waals surface area contributed by atoms with Crippen LogP contribution < -0.4 is 24.3 Å². The van der Waals surface area contributed by atoms with Gasteiger partial charge in [-0.15, -0.1) is 0 Å². The molecule has 0 saturated carbocycles. The number of aromatic nitrogens is 3. The van der Waals surface area contributed by atoms with Crippen molar-refractivity contribution in [2.45, 2.75) is 65.0 Å². The maximum Gasteiger partial charge on any atom is 0.326 e. The van der Waals surface area contributed by atoms with Crippen LogP contribution in [0.1, 0.15) is 61.4 Å². The summed E-state index contributed by atoms with van der Waals surface area (Å²) in [5.74, 6) is 0.687. The number of hydrogen-bond donors (Lipinski definition) is 2. The average Bonchev–Trinajstić information content (AvgIpc) is 3.61. The normalized spacial score (nSPS) is 15.9. The Balaban J connectivity index is 0.978. The van der Waals surface area contributed by atoms with Crippen molar-refractivity contribution in [2.75, 3.05) is 6.61 Å². The number of pyridine rings is 1. The van der Waals surface area contributed by atoms with Crippen molar-refractivity contribution < 1.29 is 38.4 Å². The van der Waals surface area contributed by atoms with Crippen molar-refractivity contribution in [3.63, 3.8) is 0 Å². The standard InChI is InChI=1S/C47H43Cl2N5O8/c1-26-17-40(53(4)52-26)46(56)54-23-33-22-43-42(60-25-44(62-43)31-8-12-34(13-9-31)59-24-30-7-14-36(48)37(49)18-30)21-32(33)20-39(54)45(55)51-38(47(57)58)19-29-5-10-35(11-6-29)61-41-15-16-50-28(3)27(41)2/h5-18,21-22,38-39,44H,19-20,23-25H2,1-4H3,(H,51,55)(H,57,58)/t38-,39-,44+/m0/s1. The fourth-order valence-electron chi connectivity index (χ4n) is 7.55. The largest absolute Gasteiger partial charge is 0.489 e. The second kappa shape index (κ2) is 17.8. The van der Waals surface area contributed by atoms with Crippen molar-refractivity contribution in [3.8, 4) is 28.7 Å². The van der Waals surface area contributed by atoms with E-state index < -0.39 is 36.0 Å². The molecule has 0 bridgehead atoms. The summed E-state index contributed by atoms with van der Waals surface area (Å²) in [6.07, 6.45) is 1.37. The average molecular weight is 877 g/mol. The first kappa shape index (κ1) is 42.1. The highest BCUT2D eigenvalue weighted by Crippen LogP contribution is 2.41. The van der Waals surface area contributed by atoms with E-state index in [9.17, 15) is 19.5 Å². The van der Waals surface area contributed by atoms with Crippen LogP contribution >= 0.6 is 23.2 Å². The van der Waals surface area contributed by atoms with E-state index in [0.717, 1.165) is 33.5 Å². The molecule has 0 saturated heterocycles. The van der Waals surface area contributed by atoms with Crippen LogP contribution in [0.15, 0.2) is 97.2 Å². The minimum Gasteiger partial charge on any atom is -0.489 e. The van der Waals surface area contributed by atoms with Crippen LogP contribution in [0.4, 0.5) is 0 Å². The number of aryl methyl sites for hydroxylation is 3. The predicted octanol–water partition coefficient (Wildman–Crippen LogP) is 8.31. The number of carbonyl (C=O) groups is 3. The highest BCUT2D eigenvalue weighted by molar-refractivity contribution is 6.42. The number of nitrogens with zero attached hydrogens (tertiary/aromatic N) is 4. The van der Waals surface area contributed by atoms with E-state index in [1.807, 2.05) is 56.3 Å². The van der Waals surface area contributed by atoms with Gasteiger partial charge in [-0.3, -0.25) is 19.3 Å². The number of hydrogen-bond acceptors (Lipinski definition) is 9. The third-order valence-electron chi connectivity index (χ3n) is 11.1. The van der Waals surface area contributed by atoms with Gasteiger partial charge in [-0.05, 0) is 109 Å². The number of aliphatic carboxylic acids is 1. The fourth-order valence-corrected chi connectivity index (χ4v) is 7.87. The summed E-state index contributed by atoms with van der Waals surface area (Å²) in [4.78, 5) is 46.8. The van der Waals surface area contributed by atoms with E-state index in [1.165, 1.54) is 9.58 Å². The Morgan fingerprint density at radius 3 is 2.32 bits per heavy atom. The first-order valence-corrected chi connectivity index (χ1v) is 20.7. The molecule has 4 aromatic carbocycles. The molecule has 0 spiro atoms. The number of amides is 2. The maximum atomic E-state index is 14.3. The Labute approximate surface area is 368 Å². The summed E-state index contributed by atoms with van der Waals surface area (Å²) in [5, 5.41) is 18.3. The number of benzene rings is 4. The second-order valence-electron chi connectivity index (χ2n) is 15.4. The topological polar surface area (TPSA) is 154 Å². The Hall–Kier alpha value is -6.57.